The van der Waals surface area contributed by atoms with Crippen molar-refractivity contribution in [1.82, 2.24) is 14.9 Å². The van der Waals surface area contributed by atoms with Gasteiger partial charge in [0, 0.05) is 43.2 Å². The number of benzene rings is 1. The molecule has 1 aliphatic carbocycles. The highest BCUT2D eigenvalue weighted by Crippen LogP contribution is 2.32. The van der Waals surface area contributed by atoms with E-state index in [0.29, 0.717) is 12.5 Å². The average molecular weight is 369 g/mol. The highest BCUT2D eigenvalue weighted by atomic mass is 16.5. The van der Waals surface area contributed by atoms with Crippen molar-refractivity contribution < 1.29 is 9.47 Å². The van der Waals surface area contributed by atoms with Gasteiger partial charge in [0.1, 0.15) is 17.3 Å². The lowest BCUT2D eigenvalue weighted by molar-refractivity contribution is 0.235. The molecule has 1 aliphatic heterocycles. The van der Waals surface area contributed by atoms with Gasteiger partial charge in [-0.1, -0.05) is 0 Å². The first-order chi connectivity index (χ1) is 13.1. The topological polar surface area (TPSA) is 67.5 Å². The monoisotopic (exact) mass is 369 g/mol. The summed E-state index contributed by atoms with van der Waals surface area (Å²) in [4.78, 5) is 22.6. The summed E-state index contributed by atoms with van der Waals surface area (Å²) in [5.41, 5.74) is 4.14. The third-order valence-electron chi connectivity index (χ3n) is 5.62. The second-order valence-electron chi connectivity index (χ2n) is 7.67. The Balaban J connectivity index is 1.56. The van der Waals surface area contributed by atoms with E-state index in [9.17, 15) is 4.79 Å². The quantitative estimate of drug-likeness (QED) is 0.848. The number of aryl methyl sites for hydroxylation is 1. The largest absolute Gasteiger partial charge is 0.497 e. The fourth-order valence-electron chi connectivity index (χ4n) is 3.85. The molecule has 0 spiro atoms. The van der Waals surface area contributed by atoms with E-state index in [2.05, 4.69) is 16.8 Å². The summed E-state index contributed by atoms with van der Waals surface area (Å²) < 4.78 is 10.9. The van der Waals surface area contributed by atoms with Crippen LogP contribution in [0.4, 0.5) is 0 Å². The normalized spacial score (nSPS) is 16.9. The van der Waals surface area contributed by atoms with Crippen LogP contribution in [0.3, 0.4) is 0 Å². The van der Waals surface area contributed by atoms with Gasteiger partial charge in [-0.05, 0) is 43.7 Å². The highest BCUT2D eigenvalue weighted by Gasteiger charge is 2.26. The number of H-pyrrole nitrogens is 1. The van der Waals surface area contributed by atoms with Crippen molar-refractivity contribution in [3.63, 3.8) is 0 Å². The van der Waals surface area contributed by atoms with Gasteiger partial charge >= 0.3 is 0 Å². The zero-order valence-corrected chi connectivity index (χ0v) is 16.3. The van der Waals surface area contributed by atoms with Gasteiger partial charge in [0.05, 0.1) is 19.9 Å². The third-order valence-corrected chi connectivity index (χ3v) is 5.62. The van der Waals surface area contributed by atoms with Crippen LogP contribution in [0.15, 0.2) is 16.9 Å². The number of hydrogen-bond donors (Lipinski definition) is 1. The summed E-state index contributed by atoms with van der Waals surface area (Å²) in [6, 6.07) is 3.96. The first-order valence-corrected chi connectivity index (χ1v) is 9.62. The molecular weight excluding hydrogens is 342 g/mol. The molecule has 2 aliphatic rings. The molecule has 0 bridgehead atoms. The van der Waals surface area contributed by atoms with Crippen molar-refractivity contribution in [1.29, 1.82) is 0 Å². The Morgan fingerprint density at radius 3 is 2.78 bits per heavy atom. The van der Waals surface area contributed by atoms with Gasteiger partial charge < -0.3 is 14.5 Å². The fourth-order valence-corrected chi connectivity index (χ4v) is 3.85. The lowest BCUT2D eigenvalue weighted by Gasteiger charge is -2.29. The van der Waals surface area contributed by atoms with Gasteiger partial charge in [0.15, 0.2) is 0 Å². The van der Waals surface area contributed by atoms with Crippen LogP contribution in [0, 0.1) is 12.8 Å². The minimum atomic E-state index is 0.0495. The molecule has 2 aromatic rings. The smallest absolute Gasteiger partial charge is 0.254 e. The van der Waals surface area contributed by atoms with Crippen LogP contribution in [0.25, 0.3) is 0 Å². The average Bonchev–Trinajstić information content (AvgIpc) is 3.46. The van der Waals surface area contributed by atoms with Crippen LogP contribution in [0.1, 0.15) is 41.1 Å². The van der Waals surface area contributed by atoms with Crippen molar-refractivity contribution in [2.75, 3.05) is 20.8 Å². The van der Waals surface area contributed by atoms with E-state index in [-0.39, 0.29) is 5.56 Å². The molecule has 1 saturated carbocycles. The van der Waals surface area contributed by atoms with E-state index in [1.54, 1.807) is 14.2 Å². The van der Waals surface area contributed by atoms with Crippen LogP contribution in [-0.4, -0.2) is 35.6 Å². The maximum absolute atomic E-state index is 12.4. The third kappa shape index (κ3) is 3.86. The second kappa shape index (κ2) is 7.35. The first kappa shape index (κ1) is 18.0. The summed E-state index contributed by atoms with van der Waals surface area (Å²) in [7, 11) is 3.35. The Morgan fingerprint density at radius 1 is 1.26 bits per heavy atom. The Kier molecular flexibility index (Phi) is 4.91. The summed E-state index contributed by atoms with van der Waals surface area (Å²) in [6.45, 7) is 4.39. The maximum Gasteiger partial charge on any atom is 0.254 e. The van der Waals surface area contributed by atoms with Gasteiger partial charge in [0.2, 0.25) is 0 Å². The van der Waals surface area contributed by atoms with Gasteiger partial charge in [0.25, 0.3) is 5.56 Å². The molecule has 0 amide bonds. The van der Waals surface area contributed by atoms with E-state index in [1.807, 2.05) is 12.1 Å². The predicted molar refractivity (Wildman–Crippen MR) is 103 cm³/mol. The Morgan fingerprint density at radius 2 is 2.07 bits per heavy atom. The summed E-state index contributed by atoms with van der Waals surface area (Å²) in [6.07, 6.45) is 4.14. The van der Waals surface area contributed by atoms with E-state index in [0.717, 1.165) is 65.6 Å². The number of nitrogens with one attached hydrogen (secondary N) is 1. The molecule has 0 saturated heterocycles. The molecule has 144 valence electrons. The van der Waals surface area contributed by atoms with Crippen LogP contribution in [0.5, 0.6) is 11.5 Å². The molecule has 6 heteroatoms. The van der Waals surface area contributed by atoms with Crippen molar-refractivity contribution >= 4 is 0 Å². The second-order valence-corrected chi connectivity index (χ2v) is 7.67. The minimum absolute atomic E-state index is 0.0495. The first-order valence-electron chi connectivity index (χ1n) is 9.62. The van der Waals surface area contributed by atoms with Gasteiger partial charge in [-0.2, -0.15) is 0 Å². The SMILES string of the molecule is COc1cc(C)c(CN2CCc3c(nc(CC4CC4)[nH]c3=O)C2)c(OC)c1. The Bertz CT molecular complexity index is 902. The van der Waals surface area contributed by atoms with E-state index < -0.39 is 0 Å². The minimum Gasteiger partial charge on any atom is -0.497 e. The Hall–Kier alpha value is -2.34. The van der Waals surface area contributed by atoms with E-state index in [4.69, 9.17) is 14.5 Å². The number of methoxy groups -OCH3 is 2. The van der Waals surface area contributed by atoms with Crippen LogP contribution < -0.4 is 15.0 Å². The van der Waals surface area contributed by atoms with Crippen molar-refractivity contribution in [2.24, 2.45) is 5.92 Å². The number of rotatable bonds is 6. The molecular formula is C21H27N3O3. The zero-order valence-electron chi connectivity index (χ0n) is 16.3. The standard InChI is InChI=1S/C21H27N3O3/c1-13-8-15(26-2)10-19(27-3)17(13)11-24-7-6-16-18(12-24)22-20(23-21(16)25)9-14-4-5-14/h8,10,14H,4-7,9,11-12H2,1-3H3,(H,22,23,25). The van der Waals surface area contributed by atoms with Crippen molar-refractivity contribution in [3.05, 3.63) is 50.7 Å². The van der Waals surface area contributed by atoms with Crippen LogP contribution in [0.2, 0.25) is 0 Å². The van der Waals surface area contributed by atoms with Gasteiger partial charge in [-0.15, -0.1) is 0 Å². The highest BCUT2D eigenvalue weighted by molar-refractivity contribution is 5.46. The molecule has 0 atom stereocenters. The summed E-state index contributed by atoms with van der Waals surface area (Å²) >= 11 is 0. The van der Waals surface area contributed by atoms with Crippen LogP contribution in [-0.2, 0) is 25.9 Å². The summed E-state index contributed by atoms with van der Waals surface area (Å²) in [5, 5.41) is 0. The van der Waals surface area contributed by atoms with Gasteiger partial charge in [-0.25, -0.2) is 4.98 Å². The zero-order chi connectivity index (χ0) is 19.0. The molecule has 1 fully saturated rings. The van der Waals surface area contributed by atoms with Gasteiger partial charge in [-0.3, -0.25) is 9.69 Å². The number of aromatic amines is 1. The molecule has 0 radical (unpaired) electrons. The van der Waals surface area contributed by atoms with Crippen molar-refractivity contribution in [3.8, 4) is 11.5 Å². The van der Waals surface area contributed by atoms with Crippen molar-refractivity contribution in [2.45, 2.75) is 45.7 Å². The molecule has 1 aromatic carbocycles. The number of ether oxygens (including phenoxy) is 2. The molecule has 1 aromatic heterocycles. The number of fused-ring (bicyclic) bond motifs is 1. The molecule has 2 heterocycles. The number of hydrogen-bond acceptors (Lipinski definition) is 5. The number of nitrogens with zero attached hydrogens (tertiary/aromatic N) is 2. The lowest BCUT2D eigenvalue weighted by atomic mass is 10.0. The fraction of sp³-hybridized carbons (Fsp3) is 0.524. The Labute approximate surface area is 159 Å². The molecule has 4 rings (SSSR count). The molecule has 0 unspecified atom stereocenters. The van der Waals surface area contributed by atoms with Crippen LogP contribution >= 0.6 is 0 Å². The maximum atomic E-state index is 12.4. The molecule has 1 N–H and O–H groups in total. The molecule has 27 heavy (non-hydrogen) atoms. The lowest BCUT2D eigenvalue weighted by Crippen LogP contribution is -2.35. The van der Waals surface area contributed by atoms with E-state index >= 15 is 0 Å². The number of aromatic nitrogens is 2. The molecule has 6 nitrogen and oxygen atoms in total. The summed E-state index contributed by atoms with van der Waals surface area (Å²) in [5.74, 6) is 3.19. The predicted octanol–water partition coefficient (Wildman–Crippen LogP) is 2.61. The van der Waals surface area contributed by atoms with E-state index in [1.165, 1.54) is 12.8 Å².